The van der Waals surface area contributed by atoms with Gasteiger partial charge in [-0.2, -0.15) is 0 Å². The Balaban J connectivity index is 3.37. The Morgan fingerprint density at radius 1 is 0.380 bits per heavy atom. The average molecular weight is 999 g/mol. The number of nitrogens with one attached hydrogen (secondary N) is 1. The molecule has 71 heavy (non-hydrogen) atoms. The molecule has 0 spiro atoms. The molecule has 418 valence electrons. The van der Waals surface area contributed by atoms with Crippen molar-refractivity contribution in [2.45, 2.75) is 353 Å². The normalized spacial score (nSPS) is 12.8. The number of hydrogen-bond acceptors (Lipinski definition) is 5. The molecule has 6 nitrogen and oxygen atoms in total. The second kappa shape index (κ2) is 60.6. The van der Waals surface area contributed by atoms with Gasteiger partial charge in [-0.25, -0.2) is 0 Å². The maximum atomic E-state index is 12.4. The molecule has 2 atom stereocenters. The van der Waals surface area contributed by atoms with Crippen molar-refractivity contribution in [3.63, 3.8) is 0 Å². The third-order valence-electron chi connectivity index (χ3n) is 14.6. The highest BCUT2D eigenvalue weighted by Gasteiger charge is 2.18. The molecule has 2 unspecified atom stereocenters. The fourth-order valence-electron chi connectivity index (χ4n) is 9.74. The predicted molar refractivity (Wildman–Crippen MR) is 310 cm³/mol. The van der Waals surface area contributed by atoms with E-state index in [9.17, 15) is 19.8 Å². The number of esters is 1. The Labute approximate surface area is 443 Å². The van der Waals surface area contributed by atoms with Gasteiger partial charge in [-0.05, 0) is 83.5 Å². The monoisotopic (exact) mass is 998 g/mol. The molecule has 0 rings (SSSR count). The minimum atomic E-state index is -0.844. The van der Waals surface area contributed by atoms with Crippen LogP contribution in [0.2, 0.25) is 0 Å². The van der Waals surface area contributed by atoms with Gasteiger partial charge in [0.05, 0.1) is 25.4 Å². The summed E-state index contributed by atoms with van der Waals surface area (Å²) in [5, 5.41) is 23.0. The van der Waals surface area contributed by atoms with Gasteiger partial charge in [0, 0.05) is 12.8 Å². The summed E-state index contributed by atoms with van der Waals surface area (Å²) in [6.07, 6.45) is 76.3. The fourth-order valence-corrected chi connectivity index (χ4v) is 9.74. The molecule has 0 aliphatic rings. The molecule has 0 radical (unpaired) electrons. The van der Waals surface area contributed by atoms with Crippen LogP contribution in [0.3, 0.4) is 0 Å². The van der Waals surface area contributed by atoms with E-state index < -0.39 is 12.1 Å². The van der Waals surface area contributed by atoms with E-state index >= 15 is 0 Å². The number of unbranched alkanes of at least 4 members (excludes halogenated alkanes) is 44. The summed E-state index contributed by atoms with van der Waals surface area (Å²) in [5.74, 6) is -0.0600. The van der Waals surface area contributed by atoms with Crippen LogP contribution in [0.4, 0.5) is 0 Å². The van der Waals surface area contributed by atoms with Gasteiger partial charge in [0.2, 0.25) is 5.91 Å². The number of ether oxygens (including phenoxy) is 1. The lowest BCUT2D eigenvalue weighted by molar-refractivity contribution is -0.143. The first-order valence-corrected chi connectivity index (χ1v) is 31.8. The molecule has 0 bridgehead atoms. The van der Waals surface area contributed by atoms with Crippen molar-refractivity contribution in [3.8, 4) is 0 Å². The van der Waals surface area contributed by atoms with Crippen molar-refractivity contribution in [1.29, 1.82) is 0 Å². The van der Waals surface area contributed by atoms with Crippen LogP contribution in [-0.4, -0.2) is 47.4 Å². The topological polar surface area (TPSA) is 95.9 Å². The van der Waals surface area contributed by atoms with Crippen molar-refractivity contribution >= 4 is 11.9 Å². The second-order valence-electron chi connectivity index (χ2n) is 21.7. The van der Waals surface area contributed by atoms with Crippen molar-refractivity contribution in [2.75, 3.05) is 13.2 Å². The molecule has 0 aromatic rings. The number of aliphatic hydroxyl groups excluding tert-OH is 2. The largest absolute Gasteiger partial charge is 0.466 e. The van der Waals surface area contributed by atoms with Gasteiger partial charge < -0.3 is 20.3 Å². The molecular weight excluding hydrogens is 875 g/mol. The van der Waals surface area contributed by atoms with Gasteiger partial charge in [-0.1, -0.05) is 281 Å². The number of amides is 1. The highest BCUT2D eigenvalue weighted by Crippen LogP contribution is 2.17. The molecule has 0 saturated heterocycles. The van der Waals surface area contributed by atoms with Crippen LogP contribution in [-0.2, 0) is 14.3 Å². The van der Waals surface area contributed by atoms with Gasteiger partial charge in [0.15, 0.2) is 0 Å². The molecule has 0 aromatic heterocycles. The van der Waals surface area contributed by atoms with Gasteiger partial charge in [-0.3, -0.25) is 9.59 Å². The van der Waals surface area contributed by atoms with Crippen LogP contribution in [0.1, 0.15) is 341 Å². The quantitative estimate of drug-likeness (QED) is 0.0321. The van der Waals surface area contributed by atoms with Crippen molar-refractivity contribution in [2.24, 2.45) is 0 Å². The van der Waals surface area contributed by atoms with Crippen LogP contribution in [0, 0.1) is 0 Å². The number of carbonyl (C=O) groups is 2. The van der Waals surface area contributed by atoms with Crippen LogP contribution in [0.25, 0.3) is 0 Å². The number of carbonyl (C=O) groups excluding carboxylic acids is 2. The van der Waals surface area contributed by atoms with Crippen LogP contribution < -0.4 is 5.32 Å². The zero-order valence-corrected chi connectivity index (χ0v) is 47.7. The Bertz CT molecular complexity index is 1150. The standard InChI is InChI=1S/C65H123NO5/c1-3-5-7-9-11-13-15-16-17-18-26-30-33-36-39-43-47-51-55-59-65(70)71-60-56-52-48-44-40-37-34-31-28-25-23-21-19-20-22-24-27-29-32-35-38-42-46-50-54-58-64(69)66-62(61-67)63(68)57-53-49-45-41-14-12-10-8-6-4-2/h16-17,20,22,53,57,62-63,67-68H,3-15,18-19,21,23-52,54-56,58-61H2,1-2H3,(H,66,69)/b17-16-,22-20-,57-53+. The molecule has 0 aromatic carbocycles. The van der Waals surface area contributed by atoms with E-state index in [2.05, 4.69) is 43.5 Å². The van der Waals surface area contributed by atoms with Gasteiger partial charge in [0.1, 0.15) is 0 Å². The van der Waals surface area contributed by atoms with Crippen molar-refractivity contribution in [1.82, 2.24) is 5.32 Å². The van der Waals surface area contributed by atoms with E-state index in [1.54, 1.807) is 6.08 Å². The molecule has 0 fully saturated rings. The summed E-state index contributed by atoms with van der Waals surface area (Å²) in [6, 6.07) is -0.628. The third kappa shape index (κ3) is 57.2. The summed E-state index contributed by atoms with van der Waals surface area (Å²) >= 11 is 0. The first-order chi connectivity index (χ1) is 35.0. The zero-order valence-electron chi connectivity index (χ0n) is 47.7. The Hall–Kier alpha value is -1.92. The molecule has 3 N–H and O–H groups in total. The number of rotatable bonds is 59. The molecule has 0 aliphatic carbocycles. The minimum Gasteiger partial charge on any atom is -0.466 e. The van der Waals surface area contributed by atoms with E-state index in [1.807, 2.05) is 6.08 Å². The minimum absolute atomic E-state index is 0.0125. The van der Waals surface area contributed by atoms with Gasteiger partial charge >= 0.3 is 5.97 Å². The lowest BCUT2D eigenvalue weighted by Crippen LogP contribution is -2.45. The van der Waals surface area contributed by atoms with Crippen LogP contribution in [0.15, 0.2) is 36.5 Å². The van der Waals surface area contributed by atoms with Crippen LogP contribution >= 0.6 is 0 Å². The second-order valence-corrected chi connectivity index (χ2v) is 21.7. The Kier molecular flexibility index (Phi) is 59.0. The third-order valence-corrected chi connectivity index (χ3v) is 14.6. The number of aliphatic hydroxyl groups is 2. The zero-order chi connectivity index (χ0) is 51.4. The summed E-state index contributed by atoms with van der Waals surface area (Å²) in [5.41, 5.74) is 0. The molecule has 6 heteroatoms. The molecular formula is C65H123NO5. The lowest BCUT2D eigenvalue weighted by Gasteiger charge is -2.20. The first kappa shape index (κ1) is 69.1. The van der Waals surface area contributed by atoms with E-state index in [-0.39, 0.29) is 18.5 Å². The van der Waals surface area contributed by atoms with Crippen molar-refractivity contribution < 1.29 is 24.5 Å². The summed E-state index contributed by atoms with van der Waals surface area (Å²) in [4.78, 5) is 24.5. The smallest absolute Gasteiger partial charge is 0.305 e. The molecule has 1 amide bonds. The fraction of sp³-hybridized carbons (Fsp3) is 0.877. The van der Waals surface area contributed by atoms with E-state index in [0.29, 0.717) is 19.4 Å². The van der Waals surface area contributed by atoms with Gasteiger partial charge in [-0.15, -0.1) is 0 Å². The van der Waals surface area contributed by atoms with Crippen molar-refractivity contribution in [3.05, 3.63) is 36.5 Å². The average Bonchev–Trinajstić information content (AvgIpc) is 3.37. The summed E-state index contributed by atoms with van der Waals surface area (Å²) in [6.45, 7) is 4.89. The van der Waals surface area contributed by atoms with Gasteiger partial charge in [0.25, 0.3) is 0 Å². The predicted octanol–water partition coefficient (Wildman–Crippen LogP) is 20.0. The maximum Gasteiger partial charge on any atom is 0.305 e. The number of hydrogen-bond donors (Lipinski definition) is 3. The SMILES string of the molecule is CCCCCCCC/C=C\CCCCCCCCCCCC(=O)OCCCCCCCCCCCCCC/C=C\CCCCCCCCCCCC(=O)NC(CO)C(O)/C=C/CCCCCCCCCC. The maximum absolute atomic E-state index is 12.4. The first-order valence-electron chi connectivity index (χ1n) is 31.8. The highest BCUT2D eigenvalue weighted by atomic mass is 16.5. The summed E-state index contributed by atoms with van der Waals surface area (Å²) < 4.78 is 5.50. The lowest BCUT2D eigenvalue weighted by atomic mass is 10.0. The molecule has 0 aliphatic heterocycles. The van der Waals surface area contributed by atoms with Crippen LogP contribution in [0.5, 0.6) is 0 Å². The molecule has 0 saturated carbocycles. The highest BCUT2D eigenvalue weighted by molar-refractivity contribution is 5.76. The van der Waals surface area contributed by atoms with E-state index in [4.69, 9.17) is 4.74 Å². The van der Waals surface area contributed by atoms with E-state index in [0.717, 1.165) is 44.9 Å². The summed E-state index contributed by atoms with van der Waals surface area (Å²) in [7, 11) is 0. The Morgan fingerprint density at radius 3 is 1.00 bits per heavy atom. The molecule has 0 heterocycles. The Morgan fingerprint density at radius 2 is 0.662 bits per heavy atom. The number of allylic oxidation sites excluding steroid dienone is 5. The van der Waals surface area contributed by atoms with E-state index in [1.165, 1.54) is 270 Å².